The zero-order chi connectivity index (χ0) is 26.4. The van der Waals surface area contributed by atoms with Crippen molar-refractivity contribution < 1.29 is 32.3 Å². The van der Waals surface area contributed by atoms with Crippen LogP contribution in [-0.2, 0) is 11.8 Å². The summed E-state index contributed by atoms with van der Waals surface area (Å²) in [4.78, 5) is 33.8. The molecular weight excluding hydrogens is 486 g/mol. The Hall–Kier alpha value is -4.07. The van der Waals surface area contributed by atoms with Gasteiger partial charge in [0.2, 0.25) is 0 Å². The largest absolute Gasteiger partial charge is 0.490 e. The van der Waals surface area contributed by atoms with Gasteiger partial charge in [-0.25, -0.2) is 19.2 Å². The Kier molecular flexibility index (Phi) is 6.16. The maximum Gasteiger partial charge on any atom is 0.490 e. The highest BCUT2D eigenvalue weighted by atomic mass is 19.4. The monoisotopic (exact) mass is 507 g/mol. The molecule has 1 fully saturated rings. The van der Waals surface area contributed by atoms with Crippen LogP contribution in [0.25, 0.3) is 33.5 Å². The summed E-state index contributed by atoms with van der Waals surface area (Å²) in [7, 11) is 1.75. The van der Waals surface area contributed by atoms with Gasteiger partial charge in [-0.1, -0.05) is 0 Å². The number of aryl methyl sites for hydroxylation is 1. The number of aromatic amines is 1. The highest BCUT2D eigenvalue weighted by Crippen LogP contribution is 2.31. The molecule has 0 bridgehead atoms. The smallest absolute Gasteiger partial charge is 0.475 e. The molecule has 4 aromatic rings. The van der Waals surface area contributed by atoms with Crippen molar-refractivity contribution in [1.29, 1.82) is 0 Å². The lowest BCUT2D eigenvalue weighted by Gasteiger charge is -2.43. The third-order valence-electron chi connectivity index (χ3n) is 5.76. The van der Waals surface area contributed by atoms with Gasteiger partial charge in [0.25, 0.3) is 5.91 Å². The van der Waals surface area contributed by atoms with Gasteiger partial charge in [0.15, 0.2) is 5.65 Å². The number of carboxylic acid groups (broad SMARTS) is 1. The predicted octanol–water partition coefficient (Wildman–Crippen LogP) is 2.89. The second-order valence-electron chi connectivity index (χ2n) is 8.77. The van der Waals surface area contributed by atoms with Gasteiger partial charge < -0.3 is 21.1 Å². The predicted molar refractivity (Wildman–Crippen MR) is 120 cm³/mol. The lowest BCUT2D eigenvalue weighted by molar-refractivity contribution is -0.192. The summed E-state index contributed by atoms with van der Waals surface area (Å²) < 4.78 is 46.9. The number of alkyl halides is 3. The minimum atomic E-state index is -5.08. The minimum Gasteiger partial charge on any atom is -0.475 e. The molecule has 10 nitrogen and oxygen atoms in total. The number of hydrogen-bond acceptors (Lipinski definition) is 6. The van der Waals surface area contributed by atoms with Crippen molar-refractivity contribution in [3.05, 3.63) is 42.0 Å². The first-order valence-corrected chi connectivity index (χ1v) is 10.6. The van der Waals surface area contributed by atoms with E-state index in [1.54, 1.807) is 30.2 Å². The van der Waals surface area contributed by atoms with Crippen LogP contribution in [0.5, 0.6) is 0 Å². The molecule has 3 aromatic heterocycles. The van der Waals surface area contributed by atoms with Crippen LogP contribution in [-0.4, -0.2) is 59.5 Å². The molecule has 1 aromatic carbocycles. The van der Waals surface area contributed by atoms with E-state index in [0.717, 1.165) is 18.2 Å². The quantitative estimate of drug-likeness (QED) is 0.311. The third kappa shape index (κ3) is 4.84. The molecule has 0 saturated heterocycles. The van der Waals surface area contributed by atoms with E-state index in [2.05, 4.69) is 25.4 Å². The Morgan fingerprint density at radius 1 is 1.31 bits per heavy atom. The Morgan fingerprint density at radius 3 is 2.58 bits per heavy atom. The molecule has 0 aliphatic heterocycles. The van der Waals surface area contributed by atoms with Gasteiger partial charge in [-0.2, -0.15) is 18.3 Å². The molecule has 0 spiro atoms. The van der Waals surface area contributed by atoms with Gasteiger partial charge in [0.1, 0.15) is 22.7 Å². The number of carbonyl (C=O) groups excluding carboxylic acids is 1. The normalized spacial score (nSPS) is 19.5. The number of fused-ring (bicyclic) bond motifs is 2. The number of carbonyl (C=O) groups is 2. The van der Waals surface area contributed by atoms with Crippen molar-refractivity contribution >= 4 is 33.9 Å². The van der Waals surface area contributed by atoms with Gasteiger partial charge >= 0.3 is 12.1 Å². The summed E-state index contributed by atoms with van der Waals surface area (Å²) in [6.07, 6.45) is -0.390. The zero-order valence-corrected chi connectivity index (χ0v) is 19.0. The summed E-state index contributed by atoms with van der Waals surface area (Å²) in [5.74, 6) is -3.31. The average molecular weight is 507 g/mol. The summed E-state index contributed by atoms with van der Waals surface area (Å²) in [5, 5.41) is 15.4. The summed E-state index contributed by atoms with van der Waals surface area (Å²) in [5.41, 5.74) is 8.72. The number of rotatable bonds is 3. The molecular formula is C22H21F4N7O3. The van der Waals surface area contributed by atoms with Crippen LogP contribution in [0.15, 0.2) is 30.6 Å². The first kappa shape index (κ1) is 25.0. The maximum atomic E-state index is 13.6. The lowest BCUT2D eigenvalue weighted by Crippen LogP contribution is -2.59. The van der Waals surface area contributed by atoms with Gasteiger partial charge in [-0.15, -0.1) is 0 Å². The highest BCUT2D eigenvalue weighted by molar-refractivity contribution is 6.05. The van der Waals surface area contributed by atoms with E-state index in [1.807, 2.05) is 6.92 Å². The average Bonchev–Trinajstić information content (AvgIpc) is 3.33. The first-order valence-electron chi connectivity index (χ1n) is 10.6. The number of benzene rings is 1. The molecule has 1 saturated carbocycles. The van der Waals surface area contributed by atoms with E-state index in [4.69, 9.17) is 15.6 Å². The number of nitrogens with two attached hydrogens (primary N) is 1. The number of aromatic nitrogens is 5. The molecule has 36 heavy (non-hydrogen) atoms. The Labute approximate surface area is 200 Å². The summed E-state index contributed by atoms with van der Waals surface area (Å²) in [6, 6.07) is 4.61. The fourth-order valence-electron chi connectivity index (χ4n) is 4.14. The van der Waals surface area contributed by atoms with Crippen molar-refractivity contribution in [1.82, 2.24) is 30.0 Å². The number of hydrogen-bond donors (Lipinski definition) is 4. The second-order valence-corrected chi connectivity index (χ2v) is 8.77. The maximum absolute atomic E-state index is 13.6. The molecule has 0 unspecified atom stereocenters. The van der Waals surface area contributed by atoms with Crippen LogP contribution in [0.2, 0.25) is 0 Å². The van der Waals surface area contributed by atoms with Crippen molar-refractivity contribution in [3.8, 4) is 11.4 Å². The van der Waals surface area contributed by atoms with Gasteiger partial charge in [0.05, 0.1) is 17.3 Å². The van der Waals surface area contributed by atoms with E-state index < -0.39 is 12.1 Å². The topological polar surface area (TPSA) is 152 Å². The molecule has 5 rings (SSSR count). The molecule has 1 aliphatic rings. The van der Waals surface area contributed by atoms with Gasteiger partial charge in [0, 0.05) is 30.2 Å². The Balaban J connectivity index is 0.000000384. The fraction of sp³-hybridized carbons (Fsp3) is 0.318. The third-order valence-corrected chi connectivity index (χ3v) is 5.76. The van der Waals surface area contributed by atoms with E-state index >= 15 is 0 Å². The van der Waals surface area contributed by atoms with Gasteiger partial charge in [-0.05, 0) is 38.0 Å². The summed E-state index contributed by atoms with van der Waals surface area (Å²) >= 11 is 0. The fourth-order valence-corrected chi connectivity index (χ4v) is 4.14. The molecule has 190 valence electrons. The number of carboxylic acids is 1. The second kappa shape index (κ2) is 8.86. The van der Waals surface area contributed by atoms with Crippen molar-refractivity contribution in [2.75, 3.05) is 0 Å². The van der Waals surface area contributed by atoms with E-state index in [9.17, 15) is 22.4 Å². The number of aliphatic carboxylic acids is 1. The van der Waals surface area contributed by atoms with Crippen LogP contribution in [0, 0.1) is 5.82 Å². The molecule has 0 radical (unpaired) electrons. The van der Waals surface area contributed by atoms with Crippen LogP contribution in [0.3, 0.4) is 0 Å². The SMILES string of the molecule is Cn1nc(-c2cnc3[nH]cc(C(=O)N[C@]4(C)C[C@H](N)C4)c3n2)c2ccc(F)cc21.O=C(O)C(F)(F)F. The van der Waals surface area contributed by atoms with Crippen LogP contribution in [0.4, 0.5) is 17.6 Å². The molecule has 3 heterocycles. The molecule has 1 amide bonds. The highest BCUT2D eigenvalue weighted by Gasteiger charge is 2.40. The first-order chi connectivity index (χ1) is 16.8. The summed E-state index contributed by atoms with van der Waals surface area (Å²) in [6.45, 7) is 1.99. The number of nitrogens with one attached hydrogen (secondary N) is 2. The standard InChI is InChI=1S/C20H20FN7O.C2HF3O2/c1-20(6-11(22)7-20)26-19(29)13-8-23-18-17(13)25-14(9-24-18)16-12-4-3-10(21)5-15(12)28(2)27-16;3-2(4,5)1(6)7/h3-5,8-9,11H,6-7,22H2,1-2H3,(H,23,24)(H,26,29);(H,6,7)/t11-,20+;. The van der Waals surface area contributed by atoms with Crippen molar-refractivity contribution in [2.45, 2.75) is 37.5 Å². The van der Waals surface area contributed by atoms with Gasteiger partial charge in [-0.3, -0.25) is 9.48 Å². The van der Waals surface area contributed by atoms with Crippen LogP contribution in [0.1, 0.15) is 30.1 Å². The number of nitrogens with zero attached hydrogens (tertiary/aromatic N) is 4. The molecule has 1 aliphatic carbocycles. The van der Waals surface area contributed by atoms with Crippen LogP contribution >= 0.6 is 0 Å². The van der Waals surface area contributed by atoms with E-state index in [-0.39, 0.29) is 23.3 Å². The number of halogens is 4. The van der Waals surface area contributed by atoms with E-state index in [1.165, 1.54) is 12.1 Å². The minimum absolute atomic E-state index is 0.122. The van der Waals surface area contributed by atoms with Crippen LogP contribution < -0.4 is 11.1 Å². The van der Waals surface area contributed by atoms with Crippen molar-refractivity contribution in [2.24, 2.45) is 12.8 Å². The Morgan fingerprint density at radius 2 is 1.97 bits per heavy atom. The molecule has 0 atom stereocenters. The molecule has 5 N–H and O–H groups in total. The zero-order valence-electron chi connectivity index (χ0n) is 19.0. The number of H-pyrrole nitrogens is 1. The van der Waals surface area contributed by atoms with E-state index in [0.29, 0.717) is 33.6 Å². The number of amides is 1. The lowest BCUT2D eigenvalue weighted by atomic mass is 9.74. The Bertz CT molecular complexity index is 1470. The molecule has 14 heteroatoms. The van der Waals surface area contributed by atoms with Crippen molar-refractivity contribution in [3.63, 3.8) is 0 Å².